The number of nitrogens with zero attached hydrogens (tertiary/aromatic N) is 3. The van der Waals surface area contributed by atoms with Crippen LogP contribution in [-0.4, -0.2) is 45.0 Å². The van der Waals surface area contributed by atoms with E-state index in [0.717, 1.165) is 28.2 Å². The van der Waals surface area contributed by atoms with Gasteiger partial charge in [-0.15, -0.1) is 0 Å². The standard InChI is InChI=1S/C19H20N4O3S2/c1-26-18-6-4-3-5-15(18)20-19-22-21-16(12-27-19)13-7-8-17-14(11-13)9-10-23(17)28(2,24)25/h3-8,11H,9-10,12H2,1-2H3,(H,20,22). The van der Waals surface area contributed by atoms with Crippen LogP contribution < -0.4 is 14.5 Å². The summed E-state index contributed by atoms with van der Waals surface area (Å²) in [6.07, 6.45) is 1.95. The Labute approximate surface area is 168 Å². The van der Waals surface area contributed by atoms with Gasteiger partial charge in [0.15, 0.2) is 5.17 Å². The summed E-state index contributed by atoms with van der Waals surface area (Å²) < 4.78 is 30.5. The second kappa shape index (κ2) is 7.48. The van der Waals surface area contributed by atoms with E-state index >= 15 is 0 Å². The van der Waals surface area contributed by atoms with Gasteiger partial charge in [-0.1, -0.05) is 30.0 Å². The van der Waals surface area contributed by atoms with Crippen molar-refractivity contribution in [3.8, 4) is 5.75 Å². The van der Waals surface area contributed by atoms with Crippen LogP contribution in [0.3, 0.4) is 0 Å². The number of benzene rings is 2. The number of amidine groups is 1. The molecule has 0 unspecified atom stereocenters. The fraction of sp³-hybridized carbons (Fsp3) is 0.263. The van der Waals surface area contributed by atoms with Crippen LogP contribution in [0.1, 0.15) is 11.1 Å². The highest BCUT2D eigenvalue weighted by atomic mass is 32.2. The minimum absolute atomic E-state index is 0.493. The summed E-state index contributed by atoms with van der Waals surface area (Å²) in [4.78, 5) is 4.57. The number of hydrogen-bond acceptors (Lipinski definition) is 6. The van der Waals surface area contributed by atoms with E-state index in [1.165, 1.54) is 10.6 Å². The zero-order chi connectivity index (χ0) is 19.7. The van der Waals surface area contributed by atoms with E-state index in [9.17, 15) is 8.42 Å². The summed E-state index contributed by atoms with van der Waals surface area (Å²) >= 11 is 1.56. The average Bonchev–Trinajstić information content (AvgIpc) is 3.13. The second-order valence-electron chi connectivity index (χ2n) is 6.48. The van der Waals surface area contributed by atoms with Crippen molar-refractivity contribution in [1.82, 2.24) is 5.43 Å². The van der Waals surface area contributed by atoms with Gasteiger partial charge in [-0.2, -0.15) is 5.10 Å². The summed E-state index contributed by atoms with van der Waals surface area (Å²) in [6.45, 7) is 0.493. The molecule has 146 valence electrons. The lowest BCUT2D eigenvalue weighted by Gasteiger charge is -2.18. The highest BCUT2D eigenvalue weighted by molar-refractivity contribution is 8.14. The van der Waals surface area contributed by atoms with E-state index < -0.39 is 10.0 Å². The Bertz CT molecular complexity index is 1080. The Morgan fingerprint density at radius 1 is 1.25 bits per heavy atom. The lowest BCUT2D eigenvalue weighted by atomic mass is 10.1. The van der Waals surface area contributed by atoms with E-state index in [1.807, 2.05) is 42.5 Å². The van der Waals surface area contributed by atoms with E-state index in [2.05, 4.69) is 15.5 Å². The first kappa shape index (κ1) is 18.8. The van der Waals surface area contributed by atoms with Crippen LogP contribution in [-0.2, 0) is 16.4 Å². The Morgan fingerprint density at radius 3 is 2.79 bits per heavy atom. The maximum atomic E-state index is 11.9. The van der Waals surface area contributed by atoms with Gasteiger partial charge < -0.3 is 4.74 Å². The van der Waals surface area contributed by atoms with Gasteiger partial charge in [0.25, 0.3) is 0 Å². The molecule has 2 aromatic rings. The van der Waals surface area contributed by atoms with Crippen LogP contribution in [0, 0.1) is 0 Å². The molecule has 0 saturated heterocycles. The zero-order valence-electron chi connectivity index (χ0n) is 15.5. The summed E-state index contributed by atoms with van der Waals surface area (Å²) in [5.41, 5.74) is 7.45. The second-order valence-corrected chi connectivity index (χ2v) is 9.35. The molecule has 1 N–H and O–H groups in total. The highest BCUT2D eigenvalue weighted by Crippen LogP contribution is 2.32. The van der Waals surface area contributed by atoms with Crippen LogP contribution in [0.25, 0.3) is 0 Å². The summed E-state index contributed by atoms with van der Waals surface area (Å²) in [5, 5.41) is 5.17. The monoisotopic (exact) mass is 416 g/mol. The molecule has 0 fully saturated rings. The lowest BCUT2D eigenvalue weighted by molar-refractivity contribution is 0.416. The molecule has 2 aliphatic heterocycles. The molecule has 0 bridgehead atoms. The number of ether oxygens (including phenoxy) is 1. The summed E-state index contributed by atoms with van der Waals surface area (Å²) in [5.74, 6) is 1.39. The number of para-hydroxylation sites is 2. The molecule has 0 radical (unpaired) electrons. The van der Waals surface area contributed by atoms with Crippen LogP contribution in [0.2, 0.25) is 0 Å². The van der Waals surface area contributed by atoms with Crippen molar-refractivity contribution in [3.05, 3.63) is 53.6 Å². The Morgan fingerprint density at radius 2 is 2.07 bits per heavy atom. The normalized spacial score (nSPS) is 17.9. The number of rotatable bonds is 4. The Hall–Kier alpha value is -2.52. The molecule has 28 heavy (non-hydrogen) atoms. The Balaban J connectivity index is 1.54. The summed E-state index contributed by atoms with van der Waals surface area (Å²) in [6, 6.07) is 13.4. The molecule has 0 spiro atoms. The van der Waals surface area contributed by atoms with Gasteiger partial charge >= 0.3 is 0 Å². The molecule has 2 aliphatic rings. The molecule has 0 amide bonds. The molecular weight excluding hydrogens is 396 g/mol. The van der Waals surface area contributed by atoms with Crippen molar-refractivity contribution in [2.75, 3.05) is 30.0 Å². The third kappa shape index (κ3) is 3.72. The molecule has 4 rings (SSSR count). The first-order chi connectivity index (χ1) is 13.5. The molecule has 0 aromatic heterocycles. The number of hydrazone groups is 1. The van der Waals surface area contributed by atoms with Gasteiger partial charge in [-0.05, 0) is 41.8 Å². The third-order valence-corrected chi connectivity index (χ3v) is 6.66. The topological polar surface area (TPSA) is 83.4 Å². The van der Waals surface area contributed by atoms with E-state index in [4.69, 9.17) is 4.74 Å². The van der Waals surface area contributed by atoms with Crippen molar-refractivity contribution in [2.45, 2.75) is 6.42 Å². The quantitative estimate of drug-likeness (QED) is 0.829. The predicted molar refractivity (Wildman–Crippen MR) is 115 cm³/mol. The van der Waals surface area contributed by atoms with Gasteiger partial charge in [-0.3, -0.25) is 9.73 Å². The number of nitrogens with one attached hydrogen (secondary N) is 1. The van der Waals surface area contributed by atoms with Crippen LogP contribution in [0.5, 0.6) is 5.75 Å². The van der Waals surface area contributed by atoms with Crippen molar-refractivity contribution < 1.29 is 13.2 Å². The van der Waals surface area contributed by atoms with Crippen molar-refractivity contribution in [2.24, 2.45) is 10.1 Å². The number of hydrogen-bond donors (Lipinski definition) is 1. The molecule has 0 aliphatic carbocycles. The van der Waals surface area contributed by atoms with E-state index in [1.54, 1.807) is 18.9 Å². The van der Waals surface area contributed by atoms with Crippen LogP contribution >= 0.6 is 11.8 Å². The zero-order valence-corrected chi connectivity index (χ0v) is 17.2. The number of aliphatic imine (C=N–C) groups is 1. The molecule has 0 saturated carbocycles. The highest BCUT2D eigenvalue weighted by Gasteiger charge is 2.27. The van der Waals surface area contributed by atoms with Gasteiger partial charge in [0.05, 0.1) is 24.8 Å². The van der Waals surface area contributed by atoms with Crippen molar-refractivity contribution >= 4 is 44.0 Å². The molecular formula is C19H20N4O3S2. The fourth-order valence-electron chi connectivity index (χ4n) is 3.25. The van der Waals surface area contributed by atoms with Crippen molar-refractivity contribution in [1.29, 1.82) is 0 Å². The third-order valence-electron chi connectivity index (χ3n) is 4.61. The largest absolute Gasteiger partial charge is 0.494 e. The first-order valence-corrected chi connectivity index (χ1v) is 11.6. The van der Waals surface area contributed by atoms with Crippen LogP contribution in [0.4, 0.5) is 11.4 Å². The van der Waals surface area contributed by atoms with Gasteiger partial charge in [0.2, 0.25) is 10.0 Å². The predicted octanol–water partition coefficient (Wildman–Crippen LogP) is 2.75. The molecule has 2 aromatic carbocycles. The molecule has 7 nitrogen and oxygen atoms in total. The number of methoxy groups -OCH3 is 1. The number of anilines is 1. The van der Waals surface area contributed by atoms with E-state index in [-0.39, 0.29) is 0 Å². The van der Waals surface area contributed by atoms with Gasteiger partial charge in [0.1, 0.15) is 11.4 Å². The maximum absolute atomic E-state index is 11.9. The molecule has 0 atom stereocenters. The first-order valence-electron chi connectivity index (χ1n) is 8.74. The molecule has 2 heterocycles. The van der Waals surface area contributed by atoms with Gasteiger partial charge in [-0.25, -0.2) is 13.4 Å². The number of sulfonamides is 1. The van der Waals surface area contributed by atoms with Gasteiger partial charge in [0, 0.05) is 12.3 Å². The Kier molecular flexibility index (Phi) is 5.03. The minimum Gasteiger partial charge on any atom is -0.494 e. The van der Waals surface area contributed by atoms with E-state index in [0.29, 0.717) is 29.6 Å². The number of thioether (sulfide) groups is 1. The number of fused-ring (bicyclic) bond motifs is 1. The maximum Gasteiger partial charge on any atom is 0.232 e. The van der Waals surface area contributed by atoms with Crippen molar-refractivity contribution in [3.63, 3.8) is 0 Å². The SMILES string of the molecule is COc1ccccc1N=C1NN=C(c2ccc3c(c2)CCN3S(C)(=O)=O)CS1. The fourth-order valence-corrected chi connectivity index (χ4v) is 4.98. The average molecular weight is 417 g/mol. The minimum atomic E-state index is -3.24. The summed E-state index contributed by atoms with van der Waals surface area (Å²) in [7, 11) is -1.62. The lowest BCUT2D eigenvalue weighted by Crippen LogP contribution is -2.27. The smallest absolute Gasteiger partial charge is 0.232 e. The molecule has 9 heteroatoms. The van der Waals surface area contributed by atoms with Crippen LogP contribution in [0.15, 0.2) is 52.6 Å².